The quantitative estimate of drug-likeness (QED) is 0.655. The number of nitrogens with one attached hydrogen (secondary N) is 1. The molecule has 1 atom stereocenters. The fourth-order valence-electron chi connectivity index (χ4n) is 3.51. The molecule has 2 aliphatic heterocycles. The van der Waals surface area contributed by atoms with E-state index in [0.29, 0.717) is 46.1 Å². The third kappa shape index (κ3) is 4.82. The van der Waals surface area contributed by atoms with Crippen molar-refractivity contribution in [1.82, 2.24) is 5.32 Å². The molecular weight excluding hydrogens is 458 g/mol. The summed E-state index contributed by atoms with van der Waals surface area (Å²) in [7, 11) is 0. The number of anilines is 2. The third-order valence-electron chi connectivity index (χ3n) is 4.99. The largest absolute Gasteiger partial charge is 0.492 e. The highest BCUT2D eigenvalue weighted by atomic mass is 35.5. The molecule has 0 saturated carbocycles. The maximum atomic E-state index is 12.5. The summed E-state index contributed by atoms with van der Waals surface area (Å²) in [6.07, 6.45) is -1.04. The molecule has 2 aliphatic rings. The van der Waals surface area contributed by atoms with Crippen LogP contribution in [0, 0.1) is 0 Å². The zero-order chi connectivity index (χ0) is 22.7. The molecule has 9 nitrogen and oxygen atoms in total. The second kappa shape index (κ2) is 9.76. The van der Waals surface area contributed by atoms with Gasteiger partial charge in [-0.15, -0.1) is 11.3 Å². The lowest BCUT2D eigenvalue weighted by atomic mass is 10.2. The second-order valence-corrected chi connectivity index (χ2v) is 8.83. The van der Waals surface area contributed by atoms with E-state index in [0.717, 1.165) is 0 Å². The number of carbonyl (C=O) groups is 3. The monoisotopic (exact) mass is 479 g/mol. The number of rotatable bonds is 7. The molecule has 4 rings (SSSR count). The van der Waals surface area contributed by atoms with Crippen molar-refractivity contribution in [2.45, 2.75) is 13.0 Å². The van der Waals surface area contributed by atoms with Crippen LogP contribution in [0.25, 0.3) is 0 Å². The first-order chi connectivity index (χ1) is 15.5. The minimum Gasteiger partial charge on any atom is -0.492 e. The standard InChI is InChI=1S/C21H22ClN3O6S/c1-2-30-16-9-13(24-7-8-29-12-19(24)26)3-4-15(16)25-11-14(31-21(25)28)10-23-20(27)17-5-6-18(22)32-17/h3-6,9,14H,2,7-8,10-12H2,1H3,(H,23,27)/t14-/m0/s1. The van der Waals surface area contributed by atoms with Gasteiger partial charge in [0.25, 0.3) is 11.8 Å². The lowest BCUT2D eigenvalue weighted by molar-refractivity contribution is -0.125. The maximum absolute atomic E-state index is 12.5. The Morgan fingerprint density at radius 1 is 1.28 bits per heavy atom. The van der Waals surface area contributed by atoms with E-state index in [-0.39, 0.29) is 31.5 Å². The average Bonchev–Trinajstić information content (AvgIpc) is 3.38. The second-order valence-electron chi connectivity index (χ2n) is 7.11. The van der Waals surface area contributed by atoms with E-state index in [2.05, 4.69) is 5.32 Å². The number of halogens is 1. The van der Waals surface area contributed by atoms with Crippen molar-refractivity contribution in [2.24, 2.45) is 0 Å². The van der Waals surface area contributed by atoms with Gasteiger partial charge in [0.15, 0.2) is 0 Å². The molecule has 3 heterocycles. The number of carbonyl (C=O) groups excluding carboxylic acids is 3. The smallest absolute Gasteiger partial charge is 0.414 e. The Hall–Kier alpha value is -2.82. The first kappa shape index (κ1) is 22.4. The van der Waals surface area contributed by atoms with Gasteiger partial charge in [0, 0.05) is 18.3 Å². The van der Waals surface area contributed by atoms with Crippen molar-refractivity contribution in [1.29, 1.82) is 0 Å². The summed E-state index contributed by atoms with van der Waals surface area (Å²) < 4.78 is 16.9. The first-order valence-electron chi connectivity index (χ1n) is 10.1. The SMILES string of the molecule is CCOc1cc(N2CCOCC2=O)ccc1N1C[C@H](CNC(=O)c2ccc(Cl)s2)OC1=O. The van der Waals surface area contributed by atoms with Gasteiger partial charge in [-0.1, -0.05) is 11.6 Å². The van der Waals surface area contributed by atoms with Gasteiger partial charge in [0.1, 0.15) is 18.5 Å². The van der Waals surface area contributed by atoms with Gasteiger partial charge >= 0.3 is 6.09 Å². The minimum atomic E-state index is -0.528. The molecule has 11 heteroatoms. The predicted molar refractivity (Wildman–Crippen MR) is 120 cm³/mol. The summed E-state index contributed by atoms with van der Waals surface area (Å²) >= 11 is 7.05. The Bertz CT molecular complexity index is 1030. The molecule has 1 N–H and O–H groups in total. The molecule has 2 fully saturated rings. The minimum absolute atomic E-state index is 0.0370. The van der Waals surface area contributed by atoms with Crippen molar-refractivity contribution in [3.8, 4) is 5.75 Å². The molecule has 3 amide bonds. The van der Waals surface area contributed by atoms with Crippen LogP contribution in [0.4, 0.5) is 16.2 Å². The number of thiophene rings is 1. The zero-order valence-electron chi connectivity index (χ0n) is 17.3. The van der Waals surface area contributed by atoms with Crippen molar-refractivity contribution in [3.63, 3.8) is 0 Å². The van der Waals surface area contributed by atoms with Gasteiger partial charge in [0.2, 0.25) is 0 Å². The predicted octanol–water partition coefficient (Wildman–Crippen LogP) is 2.92. The number of benzene rings is 1. The number of morpholine rings is 1. The molecule has 170 valence electrons. The van der Waals surface area contributed by atoms with E-state index in [4.69, 9.17) is 25.8 Å². The Morgan fingerprint density at radius 3 is 2.84 bits per heavy atom. The van der Waals surface area contributed by atoms with Crippen LogP contribution >= 0.6 is 22.9 Å². The molecule has 0 bridgehead atoms. The summed E-state index contributed by atoms with van der Waals surface area (Å²) in [5, 5.41) is 2.77. The van der Waals surface area contributed by atoms with Gasteiger partial charge in [-0.3, -0.25) is 14.5 Å². The van der Waals surface area contributed by atoms with Gasteiger partial charge in [-0.2, -0.15) is 0 Å². The van der Waals surface area contributed by atoms with E-state index in [9.17, 15) is 14.4 Å². The van der Waals surface area contributed by atoms with Crippen LogP contribution in [0.15, 0.2) is 30.3 Å². The summed E-state index contributed by atoms with van der Waals surface area (Å²) in [6.45, 7) is 3.59. The van der Waals surface area contributed by atoms with Crippen LogP contribution in [0.2, 0.25) is 4.34 Å². The van der Waals surface area contributed by atoms with E-state index in [1.54, 1.807) is 35.2 Å². The number of hydrogen-bond donors (Lipinski definition) is 1. The van der Waals surface area contributed by atoms with Crippen molar-refractivity contribution in [2.75, 3.05) is 49.3 Å². The van der Waals surface area contributed by atoms with Crippen LogP contribution in [0.1, 0.15) is 16.6 Å². The number of nitrogens with zero attached hydrogens (tertiary/aromatic N) is 2. The van der Waals surface area contributed by atoms with Gasteiger partial charge in [-0.05, 0) is 31.2 Å². The Morgan fingerprint density at radius 2 is 2.12 bits per heavy atom. The molecule has 0 aliphatic carbocycles. The highest BCUT2D eigenvalue weighted by Gasteiger charge is 2.34. The molecule has 1 aromatic heterocycles. The van der Waals surface area contributed by atoms with Crippen LogP contribution in [-0.2, 0) is 14.3 Å². The van der Waals surface area contributed by atoms with Gasteiger partial charge in [0.05, 0.1) is 41.2 Å². The lowest BCUT2D eigenvalue weighted by Gasteiger charge is -2.28. The van der Waals surface area contributed by atoms with E-state index >= 15 is 0 Å². The van der Waals surface area contributed by atoms with Gasteiger partial charge in [-0.25, -0.2) is 4.79 Å². The molecular formula is C21H22ClN3O6S. The first-order valence-corrected chi connectivity index (χ1v) is 11.3. The normalized spacial score (nSPS) is 18.6. The summed E-state index contributed by atoms with van der Waals surface area (Å²) in [6, 6.07) is 8.54. The number of amides is 3. The average molecular weight is 480 g/mol. The summed E-state index contributed by atoms with van der Waals surface area (Å²) in [5.41, 5.74) is 1.22. The van der Waals surface area contributed by atoms with E-state index in [1.807, 2.05) is 6.92 Å². The van der Waals surface area contributed by atoms with Crippen molar-refractivity contribution >= 4 is 52.2 Å². The van der Waals surface area contributed by atoms with E-state index < -0.39 is 12.2 Å². The topological polar surface area (TPSA) is 97.4 Å². The van der Waals surface area contributed by atoms with Crippen LogP contribution < -0.4 is 19.9 Å². The Kier molecular flexibility index (Phi) is 6.83. The number of cyclic esters (lactones) is 1. The summed E-state index contributed by atoms with van der Waals surface area (Å²) in [4.78, 5) is 40.5. The van der Waals surface area contributed by atoms with Crippen LogP contribution in [0.3, 0.4) is 0 Å². The molecule has 0 spiro atoms. The Labute approximate surface area is 193 Å². The van der Waals surface area contributed by atoms with Crippen LogP contribution in [-0.4, -0.2) is 63.5 Å². The third-order valence-corrected chi connectivity index (χ3v) is 6.22. The fourth-order valence-corrected chi connectivity index (χ4v) is 4.47. The van der Waals surface area contributed by atoms with E-state index in [1.165, 1.54) is 16.2 Å². The van der Waals surface area contributed by atoms with Crippen molar-refractivity contribution in [3.05, 3.63) is 39.5 Å². The Balaban J connectivity index is 1.45. The highest BCUT2D eigenvalue weighted by molar-refractivity contribution is 7.18. The number of hydrogen-bond acceptors (Lipinski definition) is 7. The maximum Gasteiger partial charge on any atom is 0.414 e. The van der Waals surface area contributed by atoms with Crippen molar-refractivity contribution < 1.29 is 28.6 Å². The highest BCUT2D eigenvalue weighted by Crippen LogP contribution is 2.35. The summed E-state index contributed by atoms with van der Waals surface area (Å²) in [5.74, 6) is 0.0694. The molecule has 2 saturated heterocycles. The number of ether oxygens (including phenoxy) is 3. The van der Waals surface area contributed by atoms with Crippen LogP contribution in [0.5, 0.6) is 5.75 Å². The molecule has 2 aromatic rings. The fraction of sp³-hybridized carbons (Fsp3) is 0.381. The molecule has 1 aromatic carbocycles. The lowest BCUT2D eigenvalue weighted by Crippen LogP contribution is -2.41. The zero-order valence-corrected chi connectivity index (χ0v) is 18.9. The molecule has 0 unspecified atom stereocenters. The molecule has 32 heavy (non-hydrogen) atoms. The van der Waals surface area contributed by atoms with Gasteiger partial charge < -0.3 is 24.4 Å². The molecule has 0 radical (unpaired) electrons.